The molecule has 16 heavy (non-hydrogen) atoms. The summed E-state index contributed by atoms with van der Waals surface area (Å²) < 4.78 is 0. The third-order valence-electron chi connectivity index (χ3n) is 2.06. The maximum absolute atomic E-state index is 11.5. The molecule has 0 aromatic carbocycles. The molecule has 1 aromatic heterocycles. The molecule has 0 unspecified atom stereocenters. The molecule has 0 aliphatic rings. The second-order valence-corrected chi connectivity index (χ2v) is 4.93. The molecule has 0 saturated heterocycles. The Morgan fingerprint density at radius 1 is 1.50 bits per heavy atom. The van der Waals surface area contributed by atoms with E-state index in [4.69, 9.17) is 0 Å². The molecule has 0 fully saturated rings. The van der Waals surface area contributed by atoms with Gasteiger partial charge in [-0.05, 0) is 12.3 Å². The minimum absolute atomic E-state index is 0.0434. The lowest BCUT2D eigenvalue weighted by atomic mass is 10.1. The van der Waals surface area contributed by atoms with Crippen molar-refractivity contribution in [1.82, 2.24) is 4.98 Å². The van der Waals surface area contributed by atoms with E-state index in [1.807, 2.05) is 0 Å². The highest BCUT2D eigenvalue weighted by Crippen LogP contribution is 2.16. The molecule has 0 atom stereocenters. The number of hydrogen-bond donors (Lipinski definition) is 1. The molecule has 0 radical (unpaired) electrons. The van der Waals surface area contributed by atoms with Gasteiger partial charge >= 0.3 is 0 Å². The van der Waals surface area contributed by atoms with Gasteiger partial charge in [-0.25, -0.2) is 4.98 Å². The number of nitrogens with zero attached hydrogens (tertiary/aromatic N) is 1. The summed E-state index contributed by atoms with van der Waals surface area (Å²) >= 11 is 1.28. The topological polar surface area (TPSA) is 59.1 Å². The molecule has 0 bridgehead atoms. The number of carbonyl (C=O) groups is 2. The van der Waals surface area contributed by atoms with Crippen LogP contribution in [-0.4, -0.2) is 16.7 Å². The summed E-state index contributed by atoms with van der Waals surface area (Å²) in [5.74, 6) is 0.381. The van der Waals surface area contributed by atoms with Gasteiger partial charge in [-0.1, -0.05) is 13.8 Å². The lowest BCUT2D eigenvalue weighted by molar-refractivity contribution is -0.116. The van der Waals surface area contributed by atoms with Crippen LogP contribution >= 0.6 is 11.3 Å². The van der Waals surface area contributed by atoms with Crippen molar-refractivity contribution in [2.24, 2.45) is 5.92 Å². The Morgan fingerprint density at radius 3 is 2.69 bits per heavy atom. The van der Waals surface area contributed by atoms with E-state index < -0.39 is 0 Å². The smallest absolute Gasteiger partial charge is 0.226 e. The van der Waals surface area contributed by atoms with Crippen molar-refractivity contribution in [1.29, 1.82) is 0 Å². The Kier molecular flexibility index (Phi) is 4.61. The van der Waals surface area contributed by atoms with Gasteiger partial charge in [0.25, 0.3) is 0 Å². The van der Waals surface area contributed by atoms with Crippen LogP contribution in [0, 0.1) is 5.92 Å². The molecule has 5 heteroatoms. The van der Waals surface area contributed by atoms with Gasteiger partial charge in [-0.15, -0.1) is 11.3 Å². The van der Waals surface area contributed by atoms with Gasteiger partial charge in [-0.3, -0.25) is 9.59 Å². The van der Waals surface area contributed by atoms with Crippen LogP contribution in [0.5, 0.6) is 0 Å². The zero-order chi connectivity index (χ0) is 12.1. The van der Waals surface area contributed by atoms with E-state index in [1.165, 1.54) is 18.3 Å². The van der Waals surface area contributed by atoms with Gasteiger partial charge in [0.1, 0.15) is 5.69 Å². The first-order chi connectivity index (χ1) is 7.49. The molecular weight excluding hydrogens is 224 g/mol. The van der Waals surface area contributed by atoms with Crippen molar-refractivity contribution in [2.75, 3.05) is 5.32 Å². The molecule has 1 aromatic rings. The number of ketones is 1. The number of Topliss-reactive ketones (excluding diaryl/α,β-unsaturated/α-hetero) is 1. The zero-order valence-electron chi connectivity index (χ0n) is 9.74. The van der Waals surface area contributed by atoms with Crippen LogP contribution in [-0.2, 0) is 4.79 Å². The summed E-state index contributed by atoms with van der Waals surface area (Å²) in [5, 5.41) is 4.84. The lowest BCUT2D eigenvalue weighted by Crippen LogP contribution is -2.12. The van der Waals surface area contributed by atoms with E-state index in [9.17, 15) is 9.59 Å². The van der Waals surface area contributed by atoms with Crippen LogP contribution in [0.4, 0.5) is 5.13 Å². The maximum Gasteiger partial charge on any atom is 0.226 e. The van der Waals surface area contributed by atoms with Crippen molar-refractivity contribution in [2.45, 2.75) is 33.6 Å². The maximum atomic E-state index is 11.5. The second-order valence-electron chi connectivity index (χ2n) is 4.07. The number of carbonyl (C=O) groups excluding carboxylic acids is 2. The molecule has 1 amide bonds. The Balaban J connectivity index is 2.46. The third kappa shape index (κ3) is 4.10. The number of aromatic nitrogens is 1. The lowest BCUT2D eigenvalue weighted by Gasteiger charge is -2.03. The van der Waals surface area contributed by atoms with Crippen molar-refractivity contribution in [3.05, 3.63) is 11.1 Å². The molecule has 4 nitrogen and oxygen atoms in total. The van der Waals surface area contributed by atoms with Crippen LogP contribution in [0.2, 0.25) is 0 Å². The first-order valence-corrected chi connectivity index (χ1v) is 6.13. The fraction of sp³-hybridized carbons (Fsp3) is 0.545. The number of anilines is 1. The minimum Gasteiger partial charge on any atom is -0.302 e. The van der Waals surface area contributed by atoms with Crippen molar-refractivity contribution in [3.8, 4) is 0 Å². The average Bonchev–Trinajstić information content (AvgIpc) is 2.63. The highest BCUT2D eigenvalue weighted by molar-refractivity contribution is 7.14. The van der Waals surface area contributed by atoms with Gasteiger partial charge in [0.15, 0.2) is 10.9 Å². The number of rotatable bonds is 5. The van der Waals surface area contributed by atoms with Crippen LogP contribution in [0.15, 0.2) is 5.38 Å². The van der Waals surface area contributed by atoms with Gasteiger partial charge in [0.05, 0.1) is 0 Å². The molecule has 0 aliphatic heterocycles. The predicted octanol–water partition coefficient (Wildman–Crippen LogP) is 2.72. The van der Waals surface area contributed by atoms with E-state index in [0.29, 0.717) is 23.2 Å². The SMILES string of the molecule is CC(=O)c1csc(NC(=O)CCC(C)C)n1. The summed E-state index contributed by atoms with van der Waals surface area (Å²) in [7, 11) is 0. The predicted molar refractivity (Wildman–Crippen MR) is 64.8 cm³/mol. The molecule has 0 saturated carbocycles. The van der Waals surface area contributed by atoms with Crippen molar-refractivity contribution < 1.29 is 9.59 Å². The normalized spacial score (nSPS) is 10.5. The van der Waals surface area contributed by atoms with E-state index in [0.717, 1.165) is 6.42 Å². The molecule has 0 aliphatic carbocycles. The molecular formula is C11H16N2O2S. The van der Waals surface area contributed by atoms with Crippen LogP contribution in [0.3, 0.4) is 0 Å². The summed E-state index contributed by atoms with van der Waals surface area (Å²) in [6.07, 6.45) is 1.35. The third-order valence-corrected chi connectivity index (χ3v) is 2.82. The molecule has 0 spiro atoms. The summed E-state index contributed by atoms with van der Waals surface area (Å²) in [5.41, 5.74) is 0.407. The van der Waals surface area contributed by atoms with E-state index in [-0.39, 0.29) is 11.7 Å². The van der Waals surface area contributed by atoms with Crippen LogP contribution in [0.25, 0.3) is 0 Å². The Morgan fingerprint density at radius 2 is 2.19 bits per heavy atom. The van der Waals surface area contributed by atoms with E-state index >= 15 is 0 Å². The van der Waals surface area contributed by atoms with Crippen molar-refractivity contribution in [3.63, 3.8) is 0 Å². The summed E-state index contributed by atoms with van der Waals surface area (Å²) in [4.78, 5) is 26.5. The van der Waals surface area contributed by atoms with Crippen LogP contribution in [0.1, 0.15) is 44.1 Å². The monoisotopic (exact) mass is 240 g/mol. The van der Waals surface area contributed by atoms with Gasteiger partial charge < -0.3 is 5.32 Å². The Labute approximate surface area is 99.1 Å². The second kappa shape index (κ2) is 5.75. The highest BCUT2D eigenvalue weighted by Gasteiger charge is 2.09. The minimum atomic E-state index is -0.0843. The average molecular weight is 240 g/mol. The summed E-state index contributed by atoms with van der Waals surface area (Å²) in [6, 6.07) is 0. The molecule has 1 rings (SSSR count). The van der Waals surface area contributed by atoms with E-state index in [1.54, 1.807) is 5.38 Å². The number of amides is 1. The quantitative estimate of drug-likeness (QED) is 0.805. The number of thiazole rings is 1. The molecule has 88 valence electrons. The largest absolute Gasteiger partial charge is 0.302 e. The molecule has 1 N–H and O–H groups in total. The standard InChI is InChI=1S/C11H16N2O2S/c1-7(2)4-5-10(15)13-11-12-9(6-16-11)8(3)14/h6-7H,4-5H2,1-3H3,(H,12,13,15). The van der Waals surface area contributed by atoms with Gasteiger partial charge in [0, 0.05) is 18.7 Å². The number of hydrogen-bond acceptors (Lipinski definition) is 4. The summed E-state index contributed by atoms with van der Waals surface area (Å²) in [6.45, 7) is 5.61. The highest BCUT2D eigenvalue weighted by atomic mass is 32.1. The fourth-order valence-electron chi connectivity index (χ4n) is 1.09. The number of nitrogens with one attached hydrogen (secondary N) is 1. The first kappa shape index (κ1) is 12.8. The Bertz CT molecular complexity index is 385. The molecule has 1 heterocycles. The van der Waals surface area contributed by atoms with E-state index in [2.05, 4.69) is 24.1 Å². The van der Waals surface area contributed by atoms with Gasteiger partial charge in [-0.2, -0.15) is 0 Å². The van der Waals surface area contributed by atoms with Gasteiger partial charge in [0.2, 0.25) is 5.91 Å². The van der Waals surface area contributed by atoms with Crippen LogP contribution < -0.4 is 5.32 Å². The first-order valence-electron chi connectivity index (χ1n) is 5.25. The fourth-order valence-corrected chi connectivity index (χ4v) is 1.86. The van der Waals surface area contributed by atoms with Crippen molar-refractivity contribution >= 4 is 28.2 Å². The zero-order valence-corrected chi connectivity index (χ0v) is 10.6. The Hall–Kier alpha value is -1.23.